The average Bonchev–Trinajstić information content (AvgIpc) is 3.36. The molecule has 1 amide bonds. The molecule has 1 aliphatic carbocycles. The minimum atomic E-state index is -0.185. The molecule has 1 aromatic rings. The van der Waals surface area contributed by atoms with Crippen LogP contribution in [-0.2, 0) is 11.2 Å². The number of amides is 1. The maximum atomic E-state index is 13.5. The molecule has 6 heteroatoms. The minimum Gasteiger partial charge on any atom is -0.356 e. The number of carbonyl (C=O) groups is 1. The van der Waals surface area contributed by atoms with E-state index in [1.54, 1.807) is 19.2 Å². The van der Waals surface area contributed by atoms with Crippen LogP contribution in [0.4, 0.5) is 4.39 Å². The summed E-state index contributed by atoms with van der Waals surface area (Å²) in [6, 6.07) is 6.75. The van der Waals surface area contributed by atoms with Crippen molar-refractivity contribution in [3.63, 3.8) is 0 Å². The first kappa shape index (κ1) is 16.3. The number of rotatable bonds is 7. The fraction of sp³-hybridized carbons (Fsp3) is 0.500. The van der Waals surface area contributed by atoms with Crippen LogP contribution in [0.1, 0.15) is 18.4 Å². The zero-order valence-corrected chi connectivity index (χ0v) is 12.9. The second kappa shape index (κ2) is 8.36. The number of halogens is 1. The van der Waals surface area contributed by atoms with Crippen molar-refractivity contribution in [1.82, 2.24) is 16.0 Å². The number of benzene rings is 1. The van der Waals surface area contributed by atoms with Gasteiger partial charge in [0.1, 0.15) is 5.82 Å². The molecule has 0 aromatic heterocycles. The molecule has 1 saturated carbocycles. The van der Waals surface area contributed by atoms with Crippen LogP contribution in [0, 0.1) is 11.7 Å². The van der Waals surface area contributed by atoms with Crippen molar-refractivity contribution >= 4 is 11.9 Å². The van der Waals surface area contributed by atoms with Gasteiger partial charge in [0.2, 0.25) is 5.91 Å². The van der Waals surface area contributed by atoms with Gasteiger partial charge in [-0.1, -0.05) is 18.2 Å². The quantitative estimate of drug-likeness (QED) is 0.401. The Labute approximate surface area is 130 Å². The van der Waals surface area contributed by atoms with Crippen molar-refractivity contribution in [2.45, 2.75) is 19.3 Å². The summed E-state index contributed by atoms with van der Waals surface area (Å²) in [7, 11) is 1.68. The molecule has 22 heavy (non-hydrogen) atoms. The number of guanidine groups is 1. The largest absolute Gasteiger partial charge is 0.356 e. The third-order valence-corrected chi connectivity index (χ3v) is 3.53. The summed E-state index contributed by atoms with van der Waals surface area (Å²) in [5.74, 6) is 0.842. The number of nitrogens with one attached hydrogen (secondary N) is 3. The lowest BCUT2D eigenvalue weighted by atomic mass is 10.1. The number of aliphatic imine (C=N–C) groups is 1. The van der Waals surface area contributed by atoms with Gasteiger partial charge in [0.25, 0.3) is 0 Å². The van der Waals surface area contributed by atoms with Crippen LogP contribution in [0.3, 0.4) is 0 Å². The summed E-state index contributed by atoms with van der Waals surface area (Å²) < 4.78 is 13.5. The molecule has 3 N–H and O–H groups in total. The molecule has 1 fully saturated rings. The topological polar surface area (TPSA) is 65.5 Å². The van der Waals surface area contributed by atoms with Crippen LogP contribution in [-0.4, -0.2) is 38.5 Å². The summed E-state index contributed by atoms with van der Waals surface area (Å²) in [5, 5.41) is 9.12. The van der Waals surface area contributed by atoms with Crippen molar-refractivity contribution in [2.24, 2.45) is 10.9 Å². The van der Waals surface area contributed by atoms with E-state index in [0.29, 0.717) is 37.6 Å². The lowest BCUT2D eigenvalue weighted by Crippen LogP contribution is -2.42. The predicted molar refractivity (Wildman–Crippen MR) is 85.2 cm³/mol. The van der Waals surface area contributed by atoms with Gasteiger partial charge in [-0.2, -0.15) is 0 Å². The molecule has 1 aliphatic rings. The van der Waals surface area contributed by atoms with Crippen LogP contribution in [0.2, 0.25) is 0 Å². The number of carbonyl (C=O) groups excluding carboxylic acids is 1. The highest BCUT2D eigenvalue weighted by Crippen LogP contribution is 2.28. The van der Waals surface area contributed by atoms with E-state index in [1.165, 1.54) is 6.07 Å². The summed E-state index contributed by atoms with van der Waals surface area (Å²) in [6.07, 6.45) is 2.61. The van der Waals surface area contributed by atoms with E-state index in [1.807, 2.05) is 6.07 Å². The Morgan fingerprint density at radius 2 is 1.86 bits per heavy atom. The van der Waals surface area contributed by atoms with Gasteiger partial charge in [-0.15, -0.1) is 0 Å². The number of hydrogen-bond acceptors (Lipinski definition) is 2. The SMILES string of the molecule is CN=C(NCCNC(=O)C1CC1)NCCc1ccccc1F. The van der Waals surface area contributed by atoms with Gasteiger partial charge in [-0.3, -0.25) is 9.79 Å². The lowest BCUT2D eigenvalue weighted by molar-refractivity contribution is -0.122. The fourth-order valence-electron chi connectivity index (χ4n) is 2.09. The Morgan fingerprint density at radius 1 is 1.18 bits per heavy atom. The van der Waals surface area contributed by atoms with E-state index in [-0.39, 0.29) is 17.6 Å². The van der Waals surface area contributed by atoms with Crippen LogP contribution in [0.15, 0.2) is 29.3 Å². The second-order valence-electron chi connectivity index (χ2n) is 5.33. The Bertz CT molecular complexity index is 529. The molecule has 0 heterocycles. The van der Waals surface area contributed by atoms with Crippen molar-refractivity contribution < 1.29 is 9.18 Å². The summed E-state index contributed by atoms with van der Waals surface area (Å²) in [5.41, 5.74) is 0.683. The third-order valence-electron chi connectivity index (χ3n) is 3.53. The van der Waals surface area contributed by atoms with Gasteiger partial charge in [0, 0.05) is 32.6 Å². The molecule has 2 rings (SSSR count). The van der Waals surface area contributed by atoms with Crippen molar-refractivity contribution in [3.8, 4) is 0 Å². The molecule has 0 radical (unpaired) electrons. The van der Waals surface area contributed by atoms with Crippen molar-refractivity contribution in [1.29, 1.82) is 0 Å². The smallest absolute Gasteiger partial charge is 0.223 e. The van der Waals surface area contributed by atoms with Crippen LogP contribution >= 0.6 is 0 Å². The molecule has 0 spiro atoms. The average molecular weight is 306 g/mol. The van der Waals surface area contributed by atoms with E-state index >= 15 is 0 Å². The summed E-state index contributed by atoms with van der Waals surface area (Å²) in [4.78, 5) is 15.6. The maximum Gasteiger partial charge on any atom is 0.223 e. The van der Waals surface area contributed by atoms with Gasteiger partial charge < -0.3 is 16.0 Å². The highest BCUT2D eigenvalue weighted by molar-refractivity contribution is 5.81. The summed E-state index contributed by atoms with van der Waals surface area (Å²) in [6.45, 7) is 1.77. The Kier molecular flexibility index (Phi) is 6.18. The van der Waals surface area contributed by atoms with E-state index in [0.717, 1.165) is 12.8 Å². The third kappa shape index (κ3) is 5.35. The van der Waals surface area contributed by atoms with Crippen LogP contribution in [0.25, 0.3) is 0 Å². The highest BCUT2D eigenvalue weighted by atomic mass is 19.1. The van der Waals surface area contributed by atoms with Crippen LogP contribution < -0.4 is 16.0 Å². The molecule has 0 atom stereocenters. The first-order valence-corrected chi connectivity index (χ1v) is 7.66. The Balaban J connectivity index is 1.60. The number of nitrogens with zero attached hydrogens (tertiary/aromatic N) is 1. The monoisotopic (exact) mass is 306 g/mol. The predicted octanol–water partition coefficient (Wildman–Crippen LogP) is 1.06. The fourth-order valence-corrected chi connectivity index (χ4v) is 2.09. The van der Waals surface area contributed by atoms with Gasteiger partial charge in [-0.25, -0.2) is 4.39 Å². The zero-order chi connectivity index (χ0) is 15.8. The lowest BCUT2D eigenvalue weighted by Gasteiger charge is -2.12. The van der Waals surface area contributed by atoms with Crippen molar-refractivity contribution in [2.75, 3.05) is 26.7 Å². The molecular weight excluding hydrogens is 283 g/mol. The van der Waals surface area contributed by atoms with Gasteiger partial charge in [-0.05, 0) is 30.9 Å². The molecule has 0 aliphatic heterocycles. The molecule has 0 saturated heterocycles. The molecule has 120 valence electrons. The molecule has 5 nitrogen and oxygen atoms in total. The Morgan fingerprint density at radius 3 is 2.55 bits per heavy atom. The van der Waals surface area contributed by atoms with Crippen molar-refractivity contribution in [3.05, 3.63) is 35.6 Å². The maximum absolute atomic E-state index is 13.5. The van der Waals surface area contributed by atoms with E-state index in [9.17, 15) is 9.18 Å². The standard InChI is InChI=1S/C16H23FN4O/c1-18-16(21-11-10-19-15(22)13-6-7-13)20-9-8-12-4-2-3-5-14(12)17/h2-5,13H,6-11H2,1H3,(H,19,22)(H2,18,20,21). The molecule has 1 aromatic carbocycles. The molecule has 0 unspecified atom stereocenters. The van der Waals surface area contributed by atoms with Crippen LogP contribution in [0.5, 0.6) is 0 Å². The second-order valence-corrected chi connectivity index (χ2v) is 5.33. The normalized spacial score (nSPS) is 14.5. The first-order chi connectivity index (χ1) is 10.7. The zero-order valence-electron chi connectivity index (χ0n) is 12.9. The van der Waals surface area contributed by atoms with Gasteiger partial charge in [0.05, 0.1) is 0 Å². The highest BCUT2D eigenvalue weighted by Gasteiger charge is 2.28. The number of hydrogen-bond donors (Lipinski definition) is 3. The Hall–Kier alpha value is -2.11. The van der Waals surface area contributed by atoms with Gasteiger partial charge >= 0.3 is 0 Å². The van der Waals surface area contributed by atoms with E-state index in [2.05, 4.69) is 20.9 Å². The first-order valence-electron chi connectivity index (χ1n) is 7.66. The molecule has 0 bridgehead atoms. The van der Waals surface area contributed by atoms with Gasteiger partial charge in [0.15, 0.2) is 5.96 Å². The minimum absolute atomic E-state index is 0.143. The summed E-state index contributed by atoms with van der Waals surface area (Å²) >= 11 is 0. The molecular formula is C16H23FN4O. The van der Waals surface area contributed by atoms with E-state index in [4.69, 9.17) is 0 Å². The van der Waals surface area contributed by atoms with E-state index < -0.39 is 0 Å².